The average molecular weight is 348 g/mol. The van der Waals surface area contributed by atoms with Crippen LogP contribution in [-0.4, -0.2) is 15.6 Å². The Morgan fingerprint density at radius 2 is 1.58 bits per heavy atom. The van der Waals surface area contributed by atoms with Gasteiger partial charge < -0.3 is 15.0 Å². The van der Waals surface area contributed by atoms with Crippen molar-refractivity contribution in [2.24, 2.45) is 0 Å². The monoisotopic (exact) mass is 348 g/mol. The second-order valence-electron chi connectivity index (χ2n) is 6.01. The van der Waals surface area contributed by atoms with Crippen molar-refractivity contribution in [3.8, 4) is 0 Å². The van der Waals surface area contributed by atoms with Crippen LogP contribution in [0.5, 0.6) is 0 Å². The largest absolute Gasteiger partial charge is 0.378 e. The van der Waals surface area contributed by atoms with Crippen molar-refractivity contribution < 1.29 is 9.90 Å². The van der Waals surface area contributed by atoms with Gasteiger partial charge in [-0.15, -0.1) is 0 Å². The first kappa shape index (κ1) is 17.6. The lowest BCUT2D eigenvalue weighted by atomic mass is 10.1. The van der Waals surface area contributed by atoms with Crippen LogP contribution in [0, 0.1) is 0 Å². The summed E-state index contributed by atoms with van der Waals surface area (Å²) < 4.78 is 1.63. The number of rotatable bonds is 6. The van der Waals surface area contributed by atoms with Gasteiger partial charge in [-0.05, 0) is 22.8 Å². The fourth-order valence-corrected chi connectivity index (χ4v) is 2.62. The summed E-state index contributed by atoms with van der Waals surface area (Å²) in [4.78, 5) is 23.8. The smallest absolute Gasteiger partial charge is 0.253 e. The highest BCUT2D eigenvalue weighted by atomic mass is 16.3. The van der Waals surface area contributed by atoms with Gasteiger partial charge in [0.1, 0.15) is 0 Å². The minimum atomic E-state index is -1.18. The lowest BCUT2D eigenvalue weighted by Gasteiger charge is -2.12. The molecule has 132 valence electrons. The van der Waals surface area contributed by atoms with Gasteiger partial charge in [-0.1, -0.05) is 60.7 Å². The van der Waals surface area contributed by atoms with Crippen LogP contribution in [-0.2, 0) is 17.9 Å². The number of pyridine rings is 1. The lowest BCUT2D eigenvalue weighted by molar-refractivity contribution is -0.129. The number of hydrogen-bond donors (Lipinski definition) is 2. The van der Waals surface area contributed by atoms with Crippen LogP contribution in [0.3, 0.4) is 0 Å². The summed E-state index contributed by atoms with van der Waals surface area (Å²) in [5.41, 5.74) is 2.44. The Bertz CT molecular complexity index is 918. The molecule has 0 saturated carbocycles. The van der Waals surface area contributed by atoms with Gasteiger partial charge in [-0.3, -0.25) is 9.59 Å². The molecular formula is C21H20N2O3. The zero-order valence-electron chi connectivity index (χ0n) is 14.2. The van der Waals surface area contributed by atoms with Crippen LogP contribution < -0.4 is 10.9 Å². The van der Waals surface area contributed by atoms with Gasteiger partial charge in [-0.25, -0.2) is 0 Å². The number of amides is 1. The molecule has 0 fully saturated rings. The van der Waals surface area contributed by atoms with Crippen molar-refractivity contribution in [2.45, 2.75) is 19.2 Å². The minimum absolute atomic E-state index is 0.0428. The van der Waals surface area contributed by atoms with Gasteiger partial charge in [0.05, 0.1) is 6.54 Å². The third kappa shape index (κ3) is 4.46. The Kier molecular flexibility index (Phi) is 5.61. The molecule has 3 rings (SSSR count). The van der Waals surface area contributed by atoms with E-state index in [0.29, 0.717) is 18.7 Å². The van der Waals surface area contributed by atoms with Gasteiger partial charge >= 0.3 is 0 Å². The summed E-state index contributed by atoms with van der Waals surface area (Å²) in [5, 5.41) is 12.8. The van der Waals surface area contributed by atoms with Gasteiger partial charge in [0.25, 0.3) is 11.5 Å². The van der Waals surface area contributed by atoms with Crippen LogP contribution in [0.4, 0.5) is 0 Å². The second-order valence-corrected chi connectivity index (χ2v) is 6.01. The highest BCUT2D eigenvalue weighted by Crippen LogP contribution is 2.12. The maximum atomic E-state index is 12.1. The SMILES string of the molecule is O=C(NCc1ccc(Cn2ccccc2=O)cc1)C(O)c1ccccc1. The van der Waals surface area contributed by atoms with E-state index in [0.717, 1.165) is 11.1 Å². The maximum absolute atomic E-state index is 12.1. The van der Waals surface area contributed by atoms with Crippen molar-refractivity contribution in [3.05, 3.63) is 106 Å². The molecule has 5 heteroatoms. The van der Waals surface area contributed by atoms with Crippen LogP contribution in [0.15, 0.2) is 83.8 Å². The molecule has 0 radical (unpaired) electrons. The molecule has 1 heterocycles. The zero-order chi connectivity index (χ0) is 18.4. The minimum Gasteiger partial charge on any atom is -0.378 e. The number of hydrogen-bond acceptors (Lipinski definition) is 3. The average Bonchev–Trinajstić information content (AvgIpc) is 2.69. The van der Waals surface area contributed by atoms with Crippen LogP contribution in [0.1, 0.15) is 22.8 Å². The van der Waals surface area contributed by atoms with Gasteiger partial charge in [0.15, 0.2) is 6.10 Å². The molecule has 2 aromatic carbocycles. The molecule has 1 amide bonds. The molecule has 0 aliphatic heterocycles. The molecule has 0 spiro atoms. The predicted molar refractivity (Wildman–Crippen MR) is 99.5 cm³/mol. The topological polar surface area (TPSA) is 71.3 Å². The van der Waals surface area contributed by atoms with E-state index in [1.165, 1.54) is 6.07 Å². The molecule has 2 N–H and O–H groups in total. The van der Waals surface area contributed by atoms with Gasteiger partial charge in [0.2, 0.25) is 0 Å². The van der Waals surface area contributed by atoms with Gasteiger partial charge in [0, 0.05) is 18.8 Å². The van der Waals surface area contributed by atoms with Crippen LogP contribution in [0.25, 0.3) is 0 Å². The van der Waals surface area contributed by atoms with Crippen molar-refractivity contribution in [2.75, 3.05) is 0 Å². The van der Waals surface area contributed by atoms with E-state index < -0.39 is 12.0 Å². The van der Waals surface area contributed by atoms with Crippen molar-refractivity contribution in [1.82, 2.24) is 9.88 Å². The zero-order valence-corrected chi connectivity index (χ0v) is 14.2. The lowest BCUT2D eigenvalue weighted by Crippen LogP contribution is -2.28. The highest BCUT2D eigenvalue weighted by molar-refractivity contribution is 5.81. The Hall–Kier alpha value is -3.18. The second kappa shape index (κ2) is 8.27. The van der Waals surface area contributed by atoms with Crippen molar-refractivity contribution in [3.63, 3.8) is 0 Å². The van der Waals surface area contributed by atoms with Gasteiger partial charge in [-0.2, -0.15) is 0 Å². The first-order valence-corrected chi connectivity index (χ1v) is 8.37. The standard InChI is InChI=1S/C21H20N2O3/c24-19-8-4-5-13-23(19)15-17-11-9-16(10-12-17)14-22-21(26)20(25)18-6-2-1-3-7-18/h1-13,20,25H,14-15H2,(H,22,26). The van der Waals surface area contributed by atoms with E-state index in [1.807, 2.05) is 36.4 Å². The van der Waals surface area contributed by atoms with E-state index in [4.69, 9.17) is 0 Å². The third-order valence-electron chi connectivity index (χ3n) is 4.11. The maximum Gasteiger partial charge on any atom is 0.253 e. The Labute approximate surface area is 151 Å². The number of aliphatic hydroxyl groups excluding tert-OH is 1. The van der Waals surface area contributed by atoms with E-state index in [1.54, 1.807) is 41.1 Å². The molecule has 5 nitrogen and oxygen atoms in total. The molecule has 0 aliphatic rings. The molecule has 0 saturated heterocycles. The van der Waals surface area contributed by atoms with E-state index in [9.17, 15) is 14.7 Å². The van der Waals surface area contributed by atoms with Crippen LogP contribution >= 0.6 is 0 Å². The summed E-state index contributed by atoms with van der Waals surface area (Å²) in [5.74, 6) is -0.434. The number of carbonyl (C=O) groups excluding carboxylic acids is 1. The summed E-state index contributed by atoms with van der Waals surface area (Å²) in [6.45, 7) is 0.827. The highest BCUT2D eigenvalue weighted by Gasteiger charge is 2.16. The Morgan fingerprint density at radius 1 is 0.923 bits per heavy atom. The van der Waals surface area contributed by atoms with E-state index >= 15 is 0 Å². The number of carbonyl (C=O) groups is 1. The fraction of sp³-hybridized carbons (Fsp3) is 0.143. The molecule has 26 heavy (non-hydrogen) atoms. The Morgan fingerprint density at radius 3 is 2.27 bits per heavy atom. The number of aliphatic hydroxyl groups is 1. The Balaban J connectivity index is 1.57. The molecule has 1 atom stereocenters. The van der Waals surface area contributed by atoms with Crippen molar-refractivity contribution >= 4 is 5.91 Å². The van der Waals surface area contributed by atoms with E-state index in [2.05, 4.69) is 5.32 Å². The fourth-order valence-electron chi connectivity index (χ4n) is 2.62. The summed E-state index contributed by atoms with van der Waals surface area (Å²) in [6, 6.07) is 21.5. The quantitative estimate of drug-likeness (QED) is 0.718. The number of nitrogens with one attached hydrogen (secondary N) is 1. The summed E-state index contributed by atoms with van der Waals surface area (Å²) in [7, 11) is 0. The van der Waals surface area contributed by atoms with Crippen LogP contribution in [0.2, 0.25) is 0 Å². The molecular weight excluding hydrogens is 328 g/mol. The van der Waals surface area contributed by atoms with Crippen molar-refractivity contribution in [1.29, 1.82) is 0 Å². The number of aromatic nitrogens is 1. The molecule has 1 aromatic heterocycles. The van der Waals surface area contributed by atoms with E-state index in [-0.39, 0.29) is 5.56 Å². The summed E-state index contributed by atoms with van der Waals surface area (Å²) in [6.07, 6.45) is 0.571. The first-order chi connectivity index (χ1) is 12.6. The predicted octanol–water partition coefficient (Wildman–Crippen LogP) is 2.25. The number of benzene rings is 2. The summed E-state index contributed by atoms with van der Waals surface area (Å²) >= 11 is 0. The molecule has 1 unspecified atom stereocenters. The number of nitrogens with zero attached hydrogens (tertiary/aromatic N) is 1. The molecule has 0 aliphatic carbocycles. The normalized spacial score (nSPS) is 11.7. The molecule has 0 bridgehead atoms. The molecule has 3 aromatic rings. The third-order valence-corrected chi connectivity index (χ3v) is 4.11. The first-order valence-electron chi connectivity index (χ1n) is 8.37.